The maximum atomic E-state index is 14.3. The molecule has 192 valence electrons. The van der Waals surface area contributed by atoms with Gasteiger partial charge in [0, 0.05) is 40.4 Å². The van der Waals surface area contributed by atoms with Crippen molar-refractivity contribution in [1.29, 1.82) is 0 Å². The van der Waals surface area contributed by atoms with E-state index in [1.807, 2.05) is 0 Å². The van der Waals surface area contributed by atoms with Gasteiger partial charge in [-0.3, -0.25) is 19.9 Å². The number of halogens is 3. The molecule has 1 unspecified atom stereocenters. The maximum Gasteiger partial charge on any atom is 0.273 e. The summed E-state index contributed by atoms with van der Waals surface area (Å²) in [7, 11) is 1.41. The molecule has 1 fully saturated rings. The minimum Gasteiger partial charge on any atom is -0.456 e. The fraction of sp³-hybridized carbons (Fsp3) is 0.261. The molecular formula is C23H26F3N7O3. The van der Waals surface area contributed by atoms with Crippen LogP contribution < -0.4 is 21.1 Å². The monoisotopic (exact) mass is 505 g/mol. The lowest BCUT2D eigenvalue weighted by Crippen LogP contribution is -2.22. The summed E-state index contributed by atoms with van der Waals surface area (Å²) in [5.41, 5.74) is 6.20. The molecule has 0 saturated heterocycles. The Labute approximate surface area is 206 Å². The zero-order chi connectivity index (χ0) is 26.0. The Morgan fingerprint density at radius 1 is 1.31 bits per heavy atom. The highest BCUT2D eigenvalue weighted by Crippen LogP contribution is 2.50. The number of benzene rings is 1. The molecule has 1 aliphatic carbocycles. The summed E-state index contributed by atoms with van der Waals surface area (Å²) >= 11 is 0. The SMILES string of the molecule is CN=C(/C=C(/C)N)C(=O)Nc1cc(Oc2ccc3nc(NC(=O)CC4CC4(F)F)nn3c2)ccc1F.[HH].[HH]. The van der Waals surface area contributed by atoms with E-state index in [0.29, 0.717) is 17.1 Å². The molecule has 36 heavy (non-hydrogen) atoms. The fourth-order valence-corrected chi connectivity index (χ4v) is 3.30. The van der Waals surface area contributed by atoms with Gasteiger partial charge in [-0.15, -0.1) is 5.10 Å². The van der Waals surface area contributed by atoms with E-state index in [2.05, 4.69) is 25.7 Å². The smallest absolute Gasteiger partial charge is 0.273 e. The van der Waals surface area contributed by atoms with E-state index in [0.717, 1.165) is 6.07 Å². The largest absolute Gasteiger partial charge is 0.456 e. The van der Waals surface area contributed by atoms with E-state index in [4.69, 9.17) is 10.5 Å². The third-order valence-electron chi connectivity index (χ3n) is 5.20. The lowest BCUT2D eigenvalue weighted by molar-refractivity contribution is -0.117. The highest BCUT2D eigenvalue weighted by atomic mass is 19.3. The molecule has 1 atom stereocenters. The molecule has 1 aliphatic rings. The van der Waals surface area contributed by atoms with Gasteiger partial charge < -0.3 is 15.8 Å². The van der Waals surface area contributed by atoms with Crippen molar-refractivity contribution in [3.63, 3.8) is 0 Å². The normalized spacial score (nSPS) is 17.1. The molecule has 0 aliphatic heterocycles. The van der Waals surface area contributed by atoms with E-state index in [1.165, 1.54) is 36.0 Å². The van der Waals surface area contributed by atoms with Gasteiger partial charge in [0.15, 0.2) is 5.65 Å². The lowest BCUT2D eigenvalue weighted by atomic mass is 10.2. The van der Waals surface area contributed by atoms with Crippen LogP contribution in [0.1, 0.15) is 22.6 Å². The number of hydrogen-bond acceptors (Lipinski definition) is 7. The molecule has 0 bridgehead atoms. The number of nitrogens with two attached hydrogens (primary N) is 1. The number of allylic oxidation sites excluding steroid dienone is 1. The second-order valence-electron chi connectivity index (χ2n) is 8.21. The van der Waals surface area contributed by atoms with Crippen LogP contribution >= 0.6 is 0 Å². The van der Waals surface area contributed by atoms with Crippen molar-refractivity contribution in [2.45, 2.75) is 25.7 Å². The van der Waals surface area contributed by atoms with Gasteiger partial charge in [-0.05, 0) is 37.3 Å². The second kappa shape index (κ2) is 9.68. The Hall–Kier alpha value is -4.42. The molecule has 13 heteroatoms. The number of carbonyl (C=O) groups is 2. The third-order valence-corrected chi connectivity index (χ3v) is 5.20. The Kier molecular flexibility index (Phi) is 6.64. The highest BCUT2D eigenvalue weighted by Gasteiger charge is 2.57. The average Bonchev–Trinajstić information content (AvgIpc) is 3.20. The molecule has 2 amide bonds. The first-order chi connectivity index (χ1) is 17.0. The van der Waals surface area contributed by atoms with E-state index in [9.17, 15) is 22.8 Å². The zero-order valence-corrected chi connectivity index (χ0v) is 19.3. The van der Waals surface area contributed by atoms with Gasteiger partial charge in [0.2, 0.25) is 11.9 Å². The van der Waals surface area contributed by atoms with Crippen LogP contribution in [0, 0.1) is 11.7 Å². The number of rotatable bonds is 8. The molecule has 0 radical (unpaired) electrons. The average molecular weight is 506 g/mol. The number of nitrogens with one attached hydrogen (secondary N) is 2. The van der Waals surface area contributed by atoms with Gasteiger partial charge in [-0.1, -0.05) is 0 Å². The number of pyridine rings is 1. The van der Waals surface area contributed by atoms with Crippen molar-refractivity contribution in [3.8, 4) is 11.5 Å². The van der Waals surface area contributed by atoms with E-state index >= 15 is 0 Å². The summed E-state index contributed by atoms with van der Waals surface area (Å²) in [6, 6.07) is 6.92. The van der Waals surface area contributed by atoms with Crippen LogP contribution in [-0.2, 0) is 9.59 Å². The second-order valence-corrected chi connectivity index (χ2v) is 8.21. The van der Waals surface area contributed by atoms with Gasteiger partial charge in [0.1, 0.15) is 23.0 Å². The summed E-state index contributed by atoms with van der Waals surface area (Å²) in [6.07, 6.45) is 2.21. The Morgan fingerprint density at radius 3 is 2.69 bits per heavy atom. The minimum absolute atomic E-state index is 0. The van der Waals surface area contributed by atoms with Gasteiger partial charge >= 0.3 is 0 Å². The first-order valence-electron chi connectivity index (χ1n) is 10.8. The number of anilines is 2. The number of fused-ring (bicyclic) bond motifs is 1. The van der Waals surface area contributed by atoms with Crippen LogP contribution in [0.5, 0.6) is 11.5 Å². The van der Waals surface area contributed by atoms with Gasteiger partial charge in [0.05, 0.1) is 11.9 Å². The number of aromatic nitrogens is 3. The molecule has 4 rings (SSSR count). The van der Waals surface area contributed by atoms with Crippen LogP contribution in [0.4, 0.5) is 24.8 Å². The third kappa shape index (κ3) is 5.79. The van der Waals surface area contributed by atoms with Crippen LogP contribution in [0.3, 0.4) is 0 Å². The zero-order valence-electron chi connectivity index (χ0n) is 19.3. The number of nitrogens with zero attached hydrogens (tertiary/aromatic N) is 4. The standard InChI is InChI=1S/C23H22F3N7O3.2H2/c1-12(27)7-18(28-2)21(35)29-17-9-14(3-5-16(17)24)36-15-4-6-19-30-22(32-33(19)11-15)31-20(34)8-13-10-23(13,25)26;;/h3-7,9,11,13H,8,10,27H2,1-2H3,(H,29,35)(H,31,32,34);2*1H/b12-7-,28-18?;;. The Bertz CT molecular complexity index is 1410. The predicted octanol–water partition coefficient (Wildman–Crippen LogP) is 4.01. The number of hydrogen-bond donors (Lipinski definition) is 3. The van der Waals surface area contributed by atoms with E-state index in [1.54, 1.807) is 19.1 Å². The van der Waals surface area contributed by atoms with Gasteiger partial charge in [-0.2, -0.15) is 4.98 Å². The maximum absolute atomic E-state index is 14.3. The molecule has 2 heterocycles. The fourth-order valence-electron chi connectivity index (χ4n) is 3.30. The Morgan fingerprint density at radius 2 is 2.03 bits per heavy atom. The van der Waals surface area contributed by atoms with Crippen molar-refractivity contribution in [3.05, 3.63) is 54.1 Å². The summed E-state index contributed by atoms with van der Waals surface area (Å²) in [5.74, 6) is -5.21. The number of ether oxygens (including phenoxy) is 1. The topological polar surface area (TPSA) is 136 Å². The van der Waals surface area contributed by atoms with Crippen LogP contribution in [0.15, 0.2) is 53.3 Å². The highest BCUT2D eigenvalue weighted by molar-refractivity contribution is 6.47. The summed E-state index contributed by atoms with van der Waals surface area (Å²) < 4.78 is 47.4. The van der Waals surface area contributed by atoms with Gasteiger partial charge in [0.25, 0.3) is 11.8 Å². The van der Waals surface area contributed by atoms with Crippen molar-refractivity contribution in [2.24, 2.45) is 16.6 Å². The summed E-state index contributed by atoms with van der Waals surface area (Å²) in [6.45, 7) is 1.59. The van der Waals surface area contributed by atoms with Crippen molar-refractivity contribution in [2.75, 3.05) is 17.7 Å². The predicted molar refractivity (Wildman–Crippen MR) is 130 cm³/mol. The van der Waals surface area contributed by atoms with Crippen LogP contribution in [0.25, 0.3) is 5.65 Å². The number of alkyl halides is 2. The molecule has 4 N–H and O–H groups in total. The van der Waals surface area contributed by atoms with Crippen molar-refractivity contribution in [1.82, 2.24) is 14.6 Å². The summed E-state index contributed by atoms with van der Waals surface area (Å²) in [4.78, 5) is 32.3. The van der Waals surface area contributed by atoms with Gasteiger partial charge in [-0.25, -0.2) is 17.7 Å². The van der Waals surface area contributed by atoms with E-state index < -0.39 is 29.5 Å². The first kappa shape index (κ1) is 24.7. The lowest BCUT2D eigenvalue weighted by Gasteiger charge is -2.10. The van der Waals surface area contributed by atoms with Crippen LogP contribution in [-0.4, -0.2) is 45.1 Å². The molecule has 1 saturated carbocycles. The molecule has 3 aromatic rings. The number of aliphatic imine (C=N–C) groups is 1. The molecule has 2 aromatic heterocycles. The Balaban J connectivity index is 0.00000253. The quantitative estimate of drug-likeness (QED) is 0.396. The molecule has 10 nitrogen and oxygen atoms in total. The molecule has 0 spiro atoms. The first-order valence-corrected chi connectivity index (χ1v) is 10.8. The van der Waals surface area contributed by atoms with Crippen LogP contribution in [0.2, 0.25) is 0 Å². The van der Waals surface area contributed by atoms with Crippen molar-refractivity contribution >= 4 is 34.8 Å². The number of amides is 2. The minimum atomic E-state index is -2.79. The molecule has 1 aromatic carbocycles. The van der Waals surface area contributed by atoms with Crippen molar-refractivity contribution < 1.29 is 30.4 Å². The summed E-state index contributed by atoms with van der Waals surface area (Å²) in [5, 5.41) is 8.94. The number of carbonyl (C=O) groups excluding carboxylic acids is 2. The molecular weight excluding hydrogens is 479 g/mol. The van der Waals surface area contributed by atoms with E-state index in [-0.39, 0.29) is 38.8 Å².